The van der Waals surface area contributed by atoms with Crippen molar-refractivity contribution in [1.29, 1.82) is 0 Å². The lowest BCUT2D eigenvalue weighted by Crippen LogP contribution is -2.39. The number of hydrogen-bond acceptors (Lipinski definition) is 5. The quantitative estimate of drug-likeness (QED) is 0.490. The summed E-state index contributed by atoms with van der Waals surface area (Å²) in [5, 5.41) is 1.73. The van der Waals surface area contributed by atoms with Crippen molar-refractivity contribution in [3.8, 4) is 5.69 Å². The number of thiophene rings is 1. The molecule has 4 rings (SSSR count). The number of nitrogens with zero attached hydrogens (tertiary/aromatic N) is 2. The molecule has 7 heteroatoms. The minimum Gasteiger partial charge on any atom is -0.459 e. The number of carbonyl (C=O) groups is 1. The number of hydrogen-bond donors (Lipinski definition) is 0. The largest absolute Gasteiger partial charge is 0.459 e. The smallest absolute Gasteiger partial charge is 0.336 e. The molecular weight excluding hydrogens is 376 g/mol. The number of carbonyl (C=O) groups excluding carboxylic acids is 1. The van der Waals surface area contributed by atoms with Crippen molar-refractivity contribution < 1.29 is 9.53 Å². The van der Waals surface area contributed by atoms with Gasteiger partial charge < -0.3 is 4.74 Å². The van der Waals surface area contributed by atoms with Crippen LogP contribution in [0.25, 0.3) is 15.9 Å². The monoisotopic (exact) mass is 392 g/mol. The number of benzene rings is 2. The maximum atomic E-state index is 13.0. The number of rotatable bonds is 5. The van der Waals surface area contributed by atoms with Crippen molar-refractivity contribution in [3.05, 3.63) is 98.5 Å². The average Bonchev–Trinajstić information content (AvgIpc) is 3.21. The van der Waals surface area contributed by atoms with Crippen LogP contribution in [-0.2, 0) is 22.7 Å². The van der Waals surface area contributed by atoms with Crippen LogP contribution in [0.1, 0.15) is 5.56 Å². The molecule has 2 aromatic carbocycles. The fraction of sp³-hybridized carbons (Fsp3) is 0.0952. The zero-order valence-corrected chi connectivity index (χ0v) is 15.6. The molecule has 0 radical (unpaired) electrons. The van der Waals surface area contributed by atoms with E-state index >= 15 is 0 Å². The lowest BCUT2D eigenvalue weighted by Gasteiger charge is -2.12. The third kappa shape index (κ3) is 3.39. The van der Waals surface area contributed by atoms with E-state index in [4.69, 9.17) is 4.74 Å². The molecule has 2 aromatic heterocycles. The van der Waals surface area contributed by atoms with Crippen molar-refractivity contribution in [2.75, 3.05) is 0 Å². The summed E-state index contributed by atoms with van der Waals surface area (Å²) in [5.41, 5.74) is 0.787. The predicted molar refractivity (Wildman–Crippen MR) is 108 cm³/mol. The normalized spacial score (nSPS) is 10.9. The Morgan fingerprint density at radius 1 is 0.929 bits per heavy atom. The first kappa shape index (κ1) is 17.9. The van der Waals surface area contributed by atoms with E-state index in [0.29, 0.717) is 15.9 Å². The standard InChI is InChI=1S/C21H16N2O4S/c24-18(27-14-15-7-3-1-4-8-15)13-22-17-11-12-28-19(17)20(25)23(21(22)26)16-9-5-2-6-10-16/h1-12H,13-14H2. The Balaban J connectivity index is 1.71. The molecule has 0 aliphatic heterocycles. The Hall–Kier alpha value is -3.45. The summed E-state index contributed by atoms with van der Waals surface area (Å²) < 4.78 is 8.09. The maximum absolute atomic E-state index is 13.0. The summed E-state index contributed by atoms with van der Waals surface area (Å²) in [4.78, 5) is 38.2. The Kier molecular flexibility index (Phi) is 4.90. The molecule has 6 nitrogen and oxygen atoms in total. The molecule has 0 spiro atoms. The van der Waals surface area contributed by atoms with Gasteiger partial charge in [-0.05, 0) is 29.1 Å². The van der Waals surface area contributed by atoms with Gasteiger partial charge in [0.25, 0.3) is 5.56 Å². The predicted octanol–water partition coefficient (Wildman–Crippen LogP) is 2.96. The van der Waals surface area contributed by atoms with Crippen LogP contribution < -0.4 is 11.2 Å². The Labute approximate surface area is 163 Å². The van der Waals surface area contributed by atoms with E-state index in [1.165, 1.54) is 15.9 Å². The summed E-state index contributed by atoms with van der Waals surface area (Å²) in [6, 6.07) is 19.6. The molecule has 0 bridgehead atoms. The molecule has 0 amide bonds. The number of ether oxygens (including phenoxy) is 1. The highest BCUT2D eigenvalue weighted by Gasteiger charge is 2.18. The lowest BCUT2D eigenvalue weighted by molar-refractivity contribution is -0.145. The second-order valence-electron chi connectivity index (χ2n) is 6.13. The highest BCUT2D eigenvalue weighted by Crippen LogP contribution is 2.16. The third-order valence-electron chi connectivity index (χ3n) is 4.30. The Morgan fingerprint density at radius 3 is 2.32 bits per heavy atom. The summed E-state index contributed by atoms with van der Waals surface area (Å²) in [5.74, 6) is -0.545. The number of fused-ring (bicyclic) bond motifs is 1. The van der Waals surface area contributed by atoms with Gasteiger partial charge in [-0.15, -0.1) is 11.3 Å². The molecular formula is C21H16N2O4S. The third-order valence-corrected chi connectivity index (χ3v) is 5.19. The second-order valence-corrected chi connectivity index (χ2v) is 7.04. The molecule has 4 aromatic rings. The highest BCUT2D eigenvalue weighted by atomic mass is 32.1. The Bertz CT molecular complexity index is 1240. The maximum Gasteiger partial charge on any atom is 0.336 e. The number of aromatic nitrogens is 2. The molecule has 0 N–H and O–H groups in total. The lowest BCUT2D eigenvalue weighted by atomic mass is 10.2. The first-order valence-electron chi connectivity index (χ1n) is 8.63. The second kappa shape index (κ2) is 7.66. The first-order chi connectivity index (χ1) is 13.6. The van der Waals surface area contributed by atoms with Crippen molar-refractivity contribution in [2.45, 2.75) is 13.2 Å². The van der Waals surface area contributed by atoms with E-state index < -0.39 is 17.2 Å². The molecule has 0 saturated carbocycles. The fourth-order valence-corrected chi connectivity index (χ4v) is 3.78. The van der Waals surface area contributed by atoms with Gasteiger partial charge in [-0.1, -0.05) is 48.5 Å². The minimum absolute atomic E-state index is 0.125. The van der Waals surface area contributed by atoms with E-state index in [9.17, 15) is 14.4 Å². The van der Waals surface area contributed by atoms with E-state index in [1.54, 1.807) is 41.8 Å². The number of para-hydroxylation sites is 1. The van der Waals surface area contributed by atoms with E-state index in [2.05, 4.69) is 0 Å². The van der Waals surface area contributed by atoms with Gasteiger partial charge in [0.1, 0.15) is 17.9 Å². The summed E-state index contributed by atoms with van der Waals surface area (Å²) in [6.07, 6.45) is 0. The van der Waals surface area contributed by atoms with Crippen LogP contribution >= 0.6 is 11.3 Å². The van der Waals surface area contributed by atoms with Crippen LogP contribution in [0.4, 0.5) is 0 Å². The van der Waals surface area contributed by atoms with Crippen molar-refractivity contribution in [1.82, 2.24) is 9.13 Å². The summed E-state index contributed by atoms with van der Waals surface area (Å²) in [6.45, 7) is -0.147. The van der Waals surface area contributed by atoms with E-state index in [-0.39, 0.29) is 13.2 Å². The van der Waals surface area contributed by atoms with Crippen LogP contribution in [0.3, 0.4) is 0 Å². The molecule has 2 heterocycles. The van der Waals surface area contributed by atoms with Gasteiger partial charge in [-0.3, -0.25) is 14.2 Å². The van der Waals surface area contributed by atoms with Crippen LogP contribution in [0.2, 0.25) is 0 Å². The van der Waals surface area contributed by atoms with Gasteiger partial charge >= 0.3 is 11.7 Å². The van der Waals surface area contributed by atoms with Crippen molar-refractivity contribution in [3.63, 3.8) is 0 Å². The van der Waals surface area contributed by atoms with Crippen LogP contribution in [0.5, 0.6) is 0 Å². The molecule has 0 aliphatic carbocycles. The highest BCUT2D eigenvalue weighted by molar-refractivity contribution is 7.17. The van der Waals surface area contributed by atoms with Crippen molar-refractivity contribution >= 4 is 27.5 Å². The molecule has 0 atom stereocenters. The minimum atomic E-state index is -0.571. The summed E-state index contributed by atoms with van der Waals surface area (Å²) in [7, 11) is 0. The van der Waals surface area contributed by atoms with Gasteiger partial charge in [0, 0.05) is 0 Å². The fourth-order valence-electron chi connectivity index (χ4n) is 2.96. The molecule has 28 heavy (non-hydrogen) atoms. The molecule has 0 fully saturated rings. The van der Waals surface area contributed by atoms with Gasteiger partial charge in [-0.2, -0.15) is 0 Å². The Morgan fingerprint density at radius 2 is 1.61 bits per heavy atom. The van der Waals surface area contributed by atoms with Gasteiger partial charge in [0.15, 0.2) is 0 Å². The molecule has 0 unspecified atom stereocenters. The van der Waals surface area contributed by atoms with Crippen LogP contribution in [0, 0.1) is 0 Å². The summed E-state index contributed by atoms with van der Waals surface area (Å²) >= 11 is 1.24. The SMILES string of the molecule is O=C(Cn1c(=O)n(-c2ccccc2)c(=O)c2sccc21)OCc1ccccc1. The van der Waals surface area contributed by atoms with Gasteiger partial charge in [-0.25, -0.2) is 9.36 Å². The molecule has 0 saturated heterocycles. The van der Waals surface area contributed by atoms with Gasteiger partial charge in [0.2, 0.25) is 0 Å². The van der Waals surface area contributed by atoms with E-state index in [0.717, 1.165) is 10.1 Å². The van der Waals surface area contributed by atoms with E-state index in [1.807, 2.05) is 30.3 Å². The van der Waals surface area contributed by atoms with Crippen LogP contribution in [-0.4, -0.2) is 15.1 Å². The molecule has 140 valence electrons. The zero-order valence-electron chi connectivity index (χ0n) is 14.8. The number of esters is 1. The van der Waals surface area contributed by atoms with Gasteiger partial charge in [0.05, 0.1) is 11.2 Å². The average molecular weight is 392 g/mol. The topological polar surface area (TPSA) is 70.3 Å². The van der Waals surface area contributed by atoms with Crippen molar-refractivity contribution in [2.24, 2.45) is 0 Å². The molecule has 0 aliphatic rings. The zero-order chi connectivity index (χ0) is 19.5. The first-order valence-corrected chi connectivity index (χ1v) is 9.51. The van der Waals surface area contributed by atoms with Crippen LogP contribution in [0.15, 0.2) is 81.7 Å².